The summed E-state index contributed by atoms with van der Waals surface area (Å²) in [6, 6.07) is -1.02. The van der Waals surface area contributed by atoms with Crippen LogP contribution >= 0.6 is 0 Å². The van der Waals surface area contributed by atoms with Crippen molar-refractivity contribution < 1.29 is 49.3 Å². The molecular formula is C65H121NO10. The van der Waals surface area contributed by atoms with E-state index in [9.17, 15) is 35.1 Å². The van der Waals surface area contributed by atoms with Crippen LogP contribution in [0.5, 0.6) is 0 Å². The van der Waals surface area contributed by atoms with E-state index in [4.69, 9.17) is 14.2 Å². The molecule has 1 saturated heterocycles. The molecule has 1 amide bonds. The molecule has 8 atom stereocenters. The fourth-order valence-electron chi connectivity index (χ4n) is 10.2. The summed E-state index contributed by atoms with van der Waals surface area (Å²) in [5.41, 5.74) is 0. The van der Waals surface area contributed by atoms with Crippen molar-refractivity contribution in [2.24, 2.45) is 0 Å². The molecule has 0 aliphatic carbocycles. The number of esters is 1. The summed E-state index contributed by atoms with van der Waals surface area (Å²) in [7, 11) is 0. The van der Waals surface area contributed by atoms with Crippen LogP contribution in [0.3, 0.4) is 0 Å². The Kier molecular flexibility index (Phi) is 50.6. The van der Waals surface area contributed by atoms with Gasteiger partial charge in [-0.05, 0) is 57.8 Å². The number of carbonyl (C=O) groups is 2. The van der Waals surface area contributed by atoms with Gasteiger partial charge in [-0.2, -0.15) is 0 Å². The van der Waals surface area contributed by atoms with Gasteiger partial charge in [-0.3, -0.25) is 9.59 Å². The van der Waals surface area contributed by atoms with Gasteiger partial charge in [0.2, 0.25) is 5.91 Å². The number of aliphatic hydroxyl groups excluding tert-OH is 5. The Morgan fingerprint density at radius 1 is 0.513 bits per heavy atom. The zero-order valence-corrected chi connectivity index (χ0v) is 49.4. The summed E-state index contributed by atoms with van der Waals surface area (Å²) in [6.45, 7) is 5.77. The molecule has 1 rings (SSSR count). The Morgan fingerprint density at radius 3 is 1.37 bits per heavy atom. The van der Waals surface area contributed by atoms with Crippen molar-refractivity contribution in [3.8, 4) is 0 Å². The molecule has 8 unspecified atom stereocenters. The van der Waals surface area contributed by atoms with E-state index in [0.717, 1.165) is 64.2 Å². The van der Waals surface area contributed by atoms with Crippen molar-refractivity contribution in [3.63, 3.8) is 0 Å². The van der Waals surface area contributed by atoms with Crippen molar-refractivity contribution in [2.45, 2.75) is 352 Å². The predicted molar refractivity (Wildman–Crippen MR) is 315 cm³/mol. The Labute approximate surface area is 466 Å². The maximum Gasteiger partial charge on any atom is 0.306 e. The first-order valence-electron chi connectivity index (χ1n) is 32.3. The first-order valence-corrected chi connectivity index (χ1v) is 32.3. The van der Waals surface area contributed by atoms with Gasteiger partial charge in [-0.25, -0.2) is 0 Å². The predicted octanol–water partition coefficient (Wildman–Crippen LogP) is 15.5. The van der Waals surface area contributed by atoms with E-state index in [1.54, 1.807) is 6.08 Å². The second-order valence-electron chi connectivity index (χ2n) is 22.5. The molecule has 0 radical (unpaired) electrons. The molecule has 1 aliphatic heterocycles. The largest absolute Gasteiger partial charge is 0.454 e. The summed E-state index contributed by atoms with van der Waals surface area (Å²) in [5.74, 6) is -1.18. The molecule has 1 heterocycles. The third-order valence-corrected chi connectivity index (χ3v) is 15.3. The van der Waals surface area contributed by atoms with Crippen LogP contribution in [0.4, 0.5) is 0 Å². The Hall–Kier alpha value is -2.12. The second-order valence-corrected chi connectivity index (χ2v) is 22.5. The van der Waals surface area contributed by atoms with E-state index >= 15 is 0 Å². The molecule has 0 saturated carbocycles. The number of hydrogen-bond donors (Lipinski definition) is 6. The number of ether oxygens (including phenoxy) is 3. The smallest absolute Gasteiger partial charge is 0.306 e. The van der Waals surface area contributed by atoms with Crippen LogP contribution in [-0.2, 0) is 23.8 Å². The Balaban J connectivity index is 2.58. The van der Waals surface area contributed by atoms with E-state index in [1.807, 2.05) is 6.08 Å². The number of amides is 1. The maximum absolute atomic E-state index is 13.4. The molecule has 1 fully saturated rings. The lowest BCUT2D eigenvalue weighted by Gasteiger charge is -2.41. The number of aliphatic hydroxyl groups is 5. The molecule has 0 spiro atoms. The average molecular weight is 1080 g/mol. The average Bonchev–Trinajstić information content (AvgIpc) is 3.42. The second kappa shape index (κ2) is 53.5. The van der Waals surface area contributed by atoms with Crippen molar-refractivity contribution >= 4 is 11.9 Å². The standard InChI is InChI=1S/C65H121NO10/c1-4-7-10-13-16-19-22-24-25-26-27-28-29-30-31-32-33-34-35-38-40-43-46-49-52-58(69)64(73)66-56(57(68)51-48-45-42-39-37-23-20-17-14-11-8-5-2)55-74-65-63(62(72)61(71)59(54-67)75-65)76-60(70)53-50-47-44-41-36-21-18-15-12-9-6-3/h16,19,24-25,48,51,56-59,61-63,65,67-69,71-72H,4-15,17-18,20-23,26-47,49-50,52-55H2,1-3H3,(H,66,73)/b19-16-,25-24-,51-48+. The Morgan fingerprint density at radius 2 is 0.908 bits per heavy atom. The molecule has 0 aromatic carbocycles. The molecule has 1 aliphatic rings. The molecule has 11 nitrogen and oxygen atoms in total. The number of nitrogens with one attached hydrogen (secondary N) is 1. The van der Waals surface area contributed by atoms with Crippen LogP contribution in [0.15, 0.2) is 36.5 Å². The molecule has 0 aromatic heterocycles. The van der Waals surface area contributed by atoms with Crippen molar-refractivity contribution in [3.05, 3.63) is 36.5 Å². The molecule has 76 heavy (non-hydrogen) atoms. The SMILES string of the molecule is CCCCC/C=C\C/C=C\CCCCCCCCCCCCCCCCC(O)C(=O)NC(COC1OC(CO)C(O)C(O)C1OC(=O)CCCCCCCCCCCCC)C(O)/C=C/CCCCCCCCCCCC. The molecule has 0 aromatic rings. The van der Waals surface area contributed by atoms with Crippen molar-refractivity contribution in [1.29, 1.82) is 0 Å². The van der Waals surface area contributed by atoms with E-state index < -0.39 is 67.4 Å². The van der Waals surface area contributed by atoms with Crippen molar-refractivity contribution in [2.75, 3.05) is 13.2 Å². The molecular weight excluding hydrogens is 955 g/mol. The van der Waals surface area contributed by atoms with E-state index in [0.29, 0.717) is 19.3 Å². The summed E-state index contributed by atoms with van der Waals surface area (Å²) in [4.78, 5) is 26.5. The lowest BCUT2D eigenvalue weighted by atomic mass is 9.99. The van der Waals surface area contributed by atoms with Gasteiger partial charge in [0.05, 0.1) is 25.4 Å². The zero-order chi connectivity index (χ0) is 55.4. The summed E-state index contributed by atoms with van der Waals surface area (Å²) in [5, 5.41) is 56.9. The summed E-state index contributed by atoms with van der Waals surface area (Å²) in [6.07, 6.45) is 53.4. The van der Waals surface area contributed by atoms with Gasteiger partial charge in [-0.15, -0.1) is 0 Å². The fourth-order valence-corrected chi connectivity index (χ4v) is 10.2. The first-order chi connectivity index (χ1) is 37.2. The van der Waals surface area contributed by atoms with E-state index in [2.05, 4.69) is 50.4 Å². The quantitative estimate of drug-likeness (QED) is 0.0195. The minimum absolute atomic E-state index is 0.128. The summed E-state index contributed by atoms with van der Waals surface area (Å²) < 4.78 is 17.6. The topological polar surface area (TPSA) is 175 Å². The number of carbonyl (C=O) groups excluding carboxylic acids is 2. The zero-order valence-electron chi connectivity index (χ0n) is 49.4. The fraction of sp³-hybridized carbons (Fsp3) is 0.877. The minimum Gasteiger partial charge on any atom is -0.454 e. The van der Waals surface area contributed by atoms with Crippen molar-refractivity contribution in [1.82, 2.24) is 5.32 Å². The van der Waals surface area contributed by atoms with Gasteiger partial charge >= 0.3 is 5.97 Å². The molecule has 6 N–H and O–H groups in total. The molecule has 446 valence electrons. The van der Waals surface area contributed by atoms with Gasteiger partial charge in [-0.1, -0.05) is 276 Å². The number of allylic oxidation sites excluding steroid dienone is 5. The van der Waals surface area contributed by atoms with Crippen LogP contribution in [-0.4, -0.2) is 99.6 Å². The highest BCUT2D eigenvalue weighted by molar-refractivity contribution is 5.80. The highest BCUT2D eigenvalue weighted by Gasteiger charge is 2.47. The van der Waals surface area contributed by atoms with Crippen LogP contribution in [0.1, 0.15) is 303 Å². The monoisotopic (exact) mass is 1080 g/mol. The van der Waals surface area contributed by atoms with E-state index in [1.165, 1.54) is 193 Å². The van der Waals surface area contributed by atoms with E-state index in [-0.39, 0.29) is 13.0 Å². The minimum atomic E-state index is -1.61. The number of rotatable bonds is 55. The van der Waals surface area contributed by atoms with Gasteiger partial charge in [0.1, 0.15) is 24.4 Å². The molecule has 11 heteroatoms. The number of unbranched alkanes of at least 4 members (excludes halogenated alkanes) is 37. The van der Waals surface area contributed by atoms with Gasteiger partial charge in [0.15, 0.2) is 12.4 Å². The first kappa shape index (κ1) is 71.9. The van der Waals surface area contributed by atoms with Crippen LogP contribution < -0.4 is 5.32 Å². The lowest BCUT2D eigenvalue weighted by molar-refractivity contribution is -0.305. The normalized spacial score (nSPS) is 19.3. The molecule has 0 bridgehead atoms. The maximum atomic E-state index is 13.4. The van der Waals surface area contributed by atoms with Crippen LogP contribution in [0.2, 0.25) is 0 Å². The van der Waals surface area contributed by atoms with Gasteiger partial charge in [0.25, 0.3) is 0 Å². The number of hydrogen-bond acceptors (Lipinski definition) is 10. The Bertz CT molecular complexity index is 1380. The lowest BCUT2D eigenvalue weighted by Crippen LogP contribution is -2.61. The van der Waals surface area contributed by atoms with Gasteiger partial charge < -0.3 is 45.1 Å². The van der Waals surface area contributed by atoms with Crippen LogP contribution in [0.25, 0.3) is 0 Å². The van der Waals surface area contributed by atoms with Gasteiger partial charge in [0, 0.05) is 6.42 Å². The third kappa shape index (κ3) is 41.0. The summed E-state index contributed by atoms with van der Waals surface area (Å²) >= 11 is 0. The third-order valence-electron chi connectivity index (χ3n) is 15.3. The highest BCUT2D eigenvalue weighted by atomic mass is 16.7. The van der Waals surface area contributed by atoms with Crippen LogP contribution in [0, 0.1) is 0 Å². The highest BCUT2D eigenvalue weighted by Crippen LogP contribution is 2.26.